The summed E-state index contributed by atoms with van der Waals surface area (Å²) in [6.07, 6.45) is 9.16. The summed E-state index contributed by atoms with van der Waals surface area (Å²) >= 11 is 0. The molecular weight excluding hydrogens is 352 g/mol. The average molecular weight is 383 g/mol. The number of fused-ring (bicyclic) bond motifs is 1. The highest BCUT2D eigenvalue weighted by Crippen LogP contribution is 2.39. The first-order valence-corrected chi connectivity index (χ1v) is 10.6. The molecule has 3 aliphatic rings. The van der Waals surface area contributed by atoms with E-state index in [0.29, 0.717) is 19.3 Å². The summed E-state index contributed by atoms with van der Waals surface area (Å²) in [5.41, 5.74) is 2.64. The Hall–Kier alpha value is -2.21. The van der Waals surface area contributed by atoms with Crippen LogP contribution in [0.25, 0.3) is 0 Å². The number of ether oxygens (including phenoxy) is 2. The quantitative estimate of drug-likeness (QED) is 0.812. The van der Waals surface area contributed by atoms with Gasteiger partial charge in [-0.05, 0) is 55.8 Å². The number of anilines is 1. The van der Waals surface area contributed by atoms with Gasteiger partial charge in [0, 0.05) is 38.9 Å². The average Bonchev–Trinajstić information content (AvgIpc) is 3.37. The van der Waals surface area contributed by atoms with Crippen LogP contribution < -0.4 is 14.4 Å². The lowest BCUT2D eigenvalue weighted by molar-refractivity contribution is 0.169. The number of aromatic nitrogens is 2. The number of piperidine rings is 1. The lowest BCUT2D eigenvalue weighted by atomic mass is 9.95. The van der Waals surface area contributed by atoms with Crippen molar-refractivity contribution in [3.05, 3.63) is 36.2 Å². The van der Waals surface area contributed by atoms with Gasteiger partial charge in [0.15, 0.2) is 11.5 Å². The van der Waals surface area contributed by atoms with Gasteiger partial charge in [0.2, 0.25) is 0 Å². The van der Waals surface area contributed by atoms with Crippen LogP contribution in [-0.4, -0.2) is 54.1 Å². The van der Waals surface area contributed by atoms with Gasteiger partial charge < -0.3 is 14.4 Å². The predicted molar refractivity (Wildman–Crippen MR) is 109 cm³/mol. The number of benzene rings is 1. The van der Waals surface area contributed by atoms with Crippen LogP contribution in [0.2, 0.25) is 0 Å². The predicted octanol–water partition coefficient (Wildman–Crippen LogP) is 3.24. The third-order valence-electron chi connectivity index (χ3n) is 6.48. The molecule has 2 aromatic rings. The number of rotatable bonds is 4. The van der Waals surface area contributed by atoms with Gasteiger partial charge in [0.1, 0.15) is 13.2 Å². The third-order valence-corrected chi connectivity index (χ3v) is 6.48. The van der Waals surface area contributed by atoms with Crippen LogP contribution in [-0.2, 0) is 7.05 Å². The molecule has 0 unspecified atom stereocenters. The fraction of sp³-hybridized carbons (Fsp3) is 0.591. The minimum Gasteiger partial charge on any atom is -0.486 e. The van der Waals surface area contributed by atoms with Crippen molar-refractivity contribution in [1.82, 2.24) is 14.7 Å². The van der Waals surface area contributed by atoms with E-state index in [1.165, 1.54) is 50.0 Å². The normalized spacial score (nSPS) is 23.3. The molecule has 1 aromatic heterocycles. The zero-order valence-corrected chi connectivity index (χ0v) is 16.7. The number of nitrogens with zero attached hydrogens (tertiary/aromatic N) is 4. The molecule has 3 aliphatic heterocycles. The van der Waals surface area contributed by atoms with Crippen molar-refractivity contribution in [3.63, 3.8) is 0 Å². The highest BCUT2D eigenvalue weighted by atomic mass is 16.6. The van der Waals surface area contributed by atoms with Crippen LogP contribution in [0.15, 0.2) is 30.6 Å². The second-order valence-corrected chi connectivity index (χ2v) is 8.36. The monoisotopic (exact) mass is 382 g/mol. The van der Waals surface area contributed by atoms with Crippen LogP contribution in [0.4, 0.5) is 5.69 Å². The van der Waals surface area contributed by atoms with E-state index in [2.05, 4.69) is 39.3 Å². The Balaban J connectivity index is 1.21. The number of hydrogen-bond donors (Lipinski definition) is 0. The molecule has 5 rings (SSSR count). The lowest BCUT2D eigenvalue weighted by Crippen LogP contribution is -2.38. The first-order valence-electron chi connectivity index (χ1n) is 10.6. The van der Waals surface area contributed by atoms with E-state index < -0.39 is 0 Å². The van der Waals surface area contributed by atoms with Gasteiger partial charge in [0.25, 0.3) is 0 Å². The summed E-state index contributed by atoms with van der Waals surface area (Å²) in [6, 6.07) is 7.06. The first-order chi connectivity index (χ1) is 13.8. The minimum atomic E-state index is 0.521. The summed E-state index contributed by atoms with van der Waals surface area (Å²) in [5, 5.41) is 4.32. The molecule has 0 saturated carbocycles. The Morgan fingerprint density at radius 3 is 2.64 bits per heavy atom. The van der Waals surface area contributed by atoms with Gasteiger partial charge in [-0.15, -0.1) is 0 Å². The van der Waals surface area contributed by atoms with E-state index in [4.69, 9.17) is 9.47 Å². The molecule has 6 nitrogen and oxygen atoms in total. The summed E-state index contributed by atoms with van der Waals surface area (Å²) in [5.74, 6) is 2.59. The molecular formula is C22H30N4O2. The maximum atomic E-state index is 5.81. The molecule has 1 aromatic carbocycles. The van der Waals surface area contributed by atoms with Crippen molar-refractivity contribution < 1.29 is 9.47 Å². The molecule has 150 valence electrons. The van der Waals surface area contributed by atoms with Gasteiger partial charge in [-0.3, -0.25) is 9.58 Å². The summed E-state index contributed by atoms with van der Waals surface area (Å²) in [4.78, 5) is 5.18. The SMILES string of the molecule is Cn1cc(N2CCC(CN3CCC[C@H]3c3ccc4c(c3)OCCO4)CC2)cn1. The molecule has 28 heavy (non-hydrogen) atoms. The fourth-order valence-corrected chi connectivity index (χ4v) is 4.97. The molecule has 4 heterocycles. The van der Waals surface area contributed by atoms with Crippen molar-refractivity contribution in [2.24, 2.45) is 13.0 Å². The van der Waals surface area contributed by atoms with E-state index in [9.17, 15) is 0 Å². The van der Waals surface area contributed by atoms with Gasteiger partial charge >= 0.3 is 0 Å². The Morgan fingerprint density at radius 1 is 1.04 bits per heavy atom. The van der Waals surface area contributed by atoms with Crippen LogP contribution in [0.5, 0.6) is 11.5 Å². The van der Waals surface area contributed by atoms with Gasteiger partial charge in [-0.25, -0.2) is 0 Å². The van der Waals surface area contributed by atoms with Crippen molar-refractivity contribution in [2.75, 3.05) is 44.3 Å². The Morgan fingerprint density at radius 2 is 1.86 bits per heavy atom. The molecule has 0 amide bonds. The van der Waals surface area contributed by atoms with E-state index in [-0.39, 0.29) is 0 Å². The molecule has 1 atom stereocenters. The van der Waals surface area contributed by atoms with Gasteiger partial charge in [-0.1, -0.05) is 6.07 Å². The maximum Gasteiger partial charge on any atom is 0.161 e. The van der Waals surface area contributed by atoms with Crippen LogP contribution >= 0.6 is 0 Å². The Bertz CT molecular complexity index is 813. The van der Waals surface area contributed by atoms with Crippen LogP contribution in [0, 0.1) is 5.92 Å². The number of likely N-dealkylation sites (tertiary alicyclic amines) is 1. The molecule has 0 radical (unpaired) electrons. The molecule has 2 fully saturated rings. The third kappa shape index (κ3) is 3.58. The highest BCUT2D eigenvalue weighted by molar-refractivity contribution is 5.45. The maximum absolute atomic E-state index is 5.81. The molecule has 0 spiro atoms. The van der Waals surface area contributed by atoms with Crippen molar-refractivity contribution >= 4 is 5.69 Å². The van der Waals surface area contributed by atoms with Crippen molar-refractivity contribution in [2.45, 2.75) is 31.7 Å². The molecule has 0 N–H and O–H groups in total. The lowest BCUT2D eigenvalue weighted by Gasteiger charge is -2.36. The van der Waals surface area contributed by atoms with Crippen LogP contribution in [0.1, 0.15) is 37.3 Å². The number of hydrogen-bond acceptors (Lipinski definition) is 5. The zero-order valence-electron chi connectivity index (χ0n) is 16.7. The second kappa shape index (κ2) is 7.66. The first kappa shape index (κ1) is 17.9. The summed E-state index contributed by atoms with van der Waals surface area (Å²) < 4.78 is 13.4. The zero-order chi connectivity index (χ0) is 18.9. The highest BCUT2D eigenvalue weighted by Gasteiger charge is 2.30. The van der Waals surface area contributed by atoms with Crippen LogP contribution in [0.3, 0.4) is 0 Å². The molecule has 0 aliphatic carbocycles. The van der Waals surface area contributed by atoms with E-state index in [0.717, 1.165) is 30.5 Å². The standard InChI is InChI=1S/C22H30N4O2/c1-24-16-19(14-23-24)25-9-6-17(7-10-25)15-26-8-2-3-20(26)18-4-5-21-22(13-18)28-12-11-27-21/h4-5,13-14,16-17,20H,2-3,6-12,15H2,1H3/t20-/m0/s1. The topological polar surface area (TPSA) is 42.8 Å². The van der Waals surface area contributed by atoms with E-state index in [1.807, 2.05) is 17.9 Å². The van der Waals surface area contributed by atoms with Crippen molar-refractivity contribution in [1.29, 1.82) is 0 Å². The van der Waals surface area contributed by atoms with Crippen molar-refractivity contribution in [3.8, 4) is 11.5 Å². The second-order valence-electron chi connectivity index (χ2n) is 8.36. The van der Waals surface area contributed by atoms with E-state index >= 15 is 0 Å². The van der Waals surface area contributed by atoms with Gasteiger partial charge in [0.05, 0.1) is 11.9 Å². The summed E-state index contributed by atoms with van der Waals surface area (Å²) in [6.45, 7) is 6.00. The smallest absolute Gasteiger partial charge is 0.161 e. The Kier molecular flexibility index (Phi) is 4.89. The molecule has 0 bridgehead atoms. The Labute approximate surface area is 167 Å². The van der Waals surface area contributed by atoms with E-state index in [1.54, 1.807) is 0 Å². The largest absolute Gasteiger partial charge is 0.486 e. The molecule has 2 saturated heterocycles. The fourth-order valence-electron chi connectivity index (χ4n) is 4.97. The summed E-state index contributed by atoms with van der Waals surface area (Å²) in [7, 11) is 1.99. The number of aryl methyl sites for hydroxylation is 1. The van der Waals surface area contributed by atoms with Gasteiger partial charge in [-0.2, -0.15) is 5.10 Å². The minimum absolute atomic E-state index is 0.521. The molecule has 6 heteroatoms.